The number of rotatable bonds is 2. The Labute approximate surface area is 107 Å². The number of Topliss-reactive ketones (excluding diaryl/α,β-unsaturated/α-hetero) is 1. The van der Waals surface area contributed by atoms with Gasteiger partial charge in [-0.15, -0.1) is 0 Å². The van der Waals surface area contributed by atoms with E-state index in [0.717, 1.165) is 5.69 Å². The number of hydrogen-bond acceptors (Lipinski definition) is 3. The lowest BCUT2D eigenvalue weighted by Gasteiger charge is -2.43. The number of hydrogen-bond donors (Lipinski definition) is 1. The molecule has 1 fully saturated rings. The summed E-state index contributed by atoms with van der Waals surface area (Å²) in [6.07, 6.45) is 0. The molecule has 0 unspecified atom stereocenters. The standard InChI is InChI=1S/C14H18N2O2/c1-10(17)11-6-4-5-7-12(11)16-9-8-15-13(18)14(16,2)3/h4-7H,8-9H2,1-3H3,(H,15,18). The van der Waals surface area contributed by atoms with Crippen LogP contribution in [0.1, 0.15) is 31.1 Å². The lowest BCUT2D eigenvalue weighted by Crippen LogP contribution is -2.62. The topological polar surface area (TPSA) is 49.4 Å². The fourth-order valence-corrected chi connectivity index (χ4v) is 2.33. The molecule has 0 spiro atoms. The third-order valence-electron chi connectivity index (χ3n) is 3.43. The first-order chi connectivity index (χ1) is 8.44. The van der Waals surface area contributed by atoms with E-state index < -0.39 is 5.54 Å². The summed E-state index contributed by atoms with van der Waals surface area (Å²) < 4.78 is 0. The average Bonchev–Trinajstić information content (AvgIpc) is 2.32. The second kappa shape index (κ2) is 4.44. The lowest BCUT2D eigenvalue weighted by atomic mass is 9.96. The van der Waals surface area contributed by atoms with Gasteiger partial charge in [0.2, 0.25) is 5.91 Å². The quantitative estimate of drug-likeness (QED) is 0.806. The van der Waals surface area contributed by atoms with Crippen molar-refractivity contribution >= 4 is 17.4 Å². The van der Waals surface area contributed by atoms with Gasteiger partial charge in [-0.25, -0.2) is 0 Å². The molecular formula is C14H18N2O2. The Morgan fingerprint density at radius 2 is 2.00 bits per heavy atom. The molecule has 1 aliphatic rings. The molecular weight excluding hydrogens is 228 g/mol. The van der Waals surface area contributed by atoms with E-state index >= 15 is 0 Å². The zero-order chi connectivity index (χ0) is 13.3. The minimum atomic E-state index is -0.635. The smallest absolute Gasteiger partial charge is 0.245 e. The average molecular weight is 246 g/mol. The molecule has 1 N–H and O–H groups in total. The van der Waals surface area contributed by atoms with Crippen molar-refractivity contribution in [2.75, 3.05) is 18.0 Å². The summed E-state index contributed by atoms with van der Waals surface area (Å²) in [4.78, 5) is 25.6. The number of piperazine rings is 1. The van der Waals surface area contributed by atoms with Crippen LogP contribution in [0.5, 0.6) is 0 Å². The number of carbonyl (C=O) groups is 2. The number of ketones is 1. The summed E-state index contributed by atoms with van der Waals surface area (Å²) in [5.41, 5.74) is 0.870. The molecule has 0 saturated carbocycles. The number of para-hydroxylation sites is 1. The van der Waals surface area contributed by atoms with Crippen molar-refractivity contribution in [3.63, 3.8) is 0 Å². The molecule has 0 radical (unpaired) electrons. The molecule has 96 valence electrons. The lowest BCUT2D eigenvalue weighted by molar-refractivity contribution is -0.126. The van der Waals surface area contributed by atoms with Gasteiger partial charge in [-0.3, -0.25) is 9.59 Å². The van der Waals surface area contributed by atoms with Gasteiger partial charge in [-0.2, -0.15) is 0 Å². The van der Waals surface area contributed by atoms with E-state index in [1.54, 1.807) is 13.0 Å². The Morgan fingerprint density at radius 3 is 2.67 bits per heavy atom. The van der Waals surface area contributed by atoms with Crippen molar-refractivity contribution in [2.24, 2.45) is 0 Å². The van der Waals surface area contributed by atoms with E-state index in [0.29, 0.717) is 18.7 Å². The molecule has 0 aromatic heterocycles. The normalized spacial score (nSPS) is 18.4. The van der Waals surface area contributed by atoms with Crippen molar-refractivity contribution in [3.8, 4) is 0 Å². The molecule has 1 heterocycles. The highest BCUT2D eigenvalue weighted by molar-refractivity contribution is 6.01. The van der Waals surface area contributed by atoms with E-state index in [9.17, 15) is 9.59 Å². The fraction of sp³-hybridized carbons (Fsp3) is 0.429. The monoisotopic (exact) mass is 246 g/mol. The van der Waals surface area contributed by atoms with Gasteiger partial charge in [0.25, 0.3) is 0 Å². The van der Waals surface area contributed by atoms with Crippen LogP contribution in [-0.4, -0.2) is 30.3 Å². The Balaban J connectivity index is 2.48. The van der Waals surface area contributed by atoms with Gasteiger partial charge in [0.15, 0.2) is 5.78 Å². The van der Waals surface area contributed by atoms with E-state index in [1.165, 1.54) is 0 Å². The molecule has 0 atom stereocenters. The zero-order valence-corrected chi connectivity index (χ0v) is 11.0. The van der Waals surface area contributed by atoms with Crippen LogP contribution < -0.4 is 10.2 Å². The Bertz CT molecular complexity index is 494. The van der Waals surface area contributed by atoms with E-state index in [2.05, 4.69) is 5.32 Å². The number of carbonyl (C=O) groups excluding carboxylic acids is 2. The number of anilines is 1. The van der Waals surface area contributed by atoms with Gasteiger partial charge in [-0.05, 0) is 32.9 Å². The molecule has 1 aliphatic heterocycles. The summed E-state index contributed by atoms with van der Waals surface area (Å²) in [7, 11) is 0. The number of amides is 1. The number of nitrogens with zero attached hydrogens (tertiary/aromatic N) is 1. The van der Waals surface area contributed by atoms with Crippen molar-refractivity contribution < 1.29 is 9.59 Å². The van der Waals surface area contributed by atoms with Crippen LogP contribution in [0.4, 0.5) is 5.69 Å². The molecule has 1 amide bonds. The third kappa shape index (κ3) is 1.98. The first kappa shape index (κ1) is 12.6. The molecule has 0 bridgehead atoms. The molecule has 1 saturated heterocycles. The van der Waals surface area contributed by atoms with Gasteiger partial charge in [0.1, 0.15) is 5.54 Å². The SMILES string of the molecule is CC(=O)c1ccccc1N1CCNC(=O)C1(C)C. The second-order valence-corrected chi connectivity index (χ2v) is 5.04. The Hall–Kier alpha value is -1.84. The van der Waals surface area contributed by atoms with Crippen molar-refractivity contribution in [2.45, 2.75) is 26.3 Å². The molecule has 4 heteroatoms. The maximum atomic E-state index is 11.9. The summed E-state index contributed by atoms with van der Waals surface area (Å²) in [5, 5.41) is 2.86. The number of nitrogens with one attached hydrogen (secondary N) is 1. The molecule has 1 aromatic carbocycles. The molecule has 2 rings (SSSR count). The highest BCUT2D eigenvalue weighted by atomic mass is 16.2. The van der Waals surface area contributed by atoms with Crippen LogP contribution in [0.15, 0.2) is 24.3 Å². The zero-order valence-electron chi connectivity index (χ0n) is 11.0. The minimum Gasteiger partial charge on any atom is -0.355 e. The maximum Gasteiger partial charge on any atom is 0.245 e. The van der Waals surface area contributed by atoms with Crippen molar-refractivity contribution in [3.05, 3.63) is 29.8 Å². The summed E-state index contributed by atoms with van der Waals surface area (Å²) in [6.45, 7) is 6.62. The van der Waals surface area contributed by atoms with E-state index in [4.69, 9.17) is 0 Å². The van der Waals surface area contributed by atoms with Crippen LogP contribution in [0.25, 0.3) is 0 Å². The maximum absolute atomic E-state index is 11.9. The van der Waals surface area contributed by atoms with Crippen LogP contribution in [0.3, 0.4) is 0 Å². The van der Waals surface area contributed by atoms with Gasteiger partial charge >= 0.3 is 0 Å². The molecule has 1 aromatic rings. The fourth-order valence-electron chi connectivity index (χ4n) is 2.33. The van der Waals surface area contributed by atoms with Gasteiger partial charge < -0.3 is 10.2 Å². The Morgan fingerprint density at radius 1 is 1.33 bits per heavy atom. The van der Waals surface area contributed by atoms with Gasteiger partial charge in [0.05, 0.1) is 0 Å². The van der Waals surface area contributed by atoms with Crippen LogP contribution in [0, 0.1) is 0 Å². The first-order valence-corrected chi connectivity index (χ1v) is 6.10. The van der Waals surface area contributed by atoms with Gasteiger partial charge in [-0.1, -0.05) is 12.1 Å². The van der Waals surface area contributed by atoms with Crippen LogP contribution >= 0.6 is 0 Å². The molecule has 18 heavy (non-hydrogen) atoms. The summed E-state index contributed by atoms with van der Waals surface area (Å²) in [5.74, 6) is 0.0134. The van der Waals surface area contributed by atoms with Crippen molar-refractivity contribution in [1.29, 1.82) is 0 Å². The Kier molecular flexibility index (Phi) is 3.11. The van der Waals surface area contributed by atoms with Crippen LogP contribution in [-0.2, 0) is 4.79 Å². The van der Waals surface area contributed by atoms with Crippen molar-refractivity contribution in [1.82, 2.24) is 5.32 Å². The number of benzene rings is 1. The predicted octanol–water partition coefficient (Wildman–Crippen LogP) is 1.60. The van der Waals surface area contributed by atoms with E-state index in [1.807, 2.05) is 36.9 Å². The summed E-state index contributed by atoms with van der Waals surface area (Å²) in [6, 6.07) is 7.44. The second-order valence-electron chi connectivity index (χ2n) is 5.04. The molecule has 0 aliphatic carbocycles. The predicted molar refractivity (Wildman–Crippen MR) is 70.9 cm³/mol. The van der Waals surface area contributed by atoms with Crippen LogP contribution in [0.2, 0.25) is 0 Å². The van der Waals surface area contributed by atoms with E-state index in [-0.39, 0.29) is 11.7 Å². The largest absolute Gasteiger partial charge is 0.355 e. The molecule has 4 nitrogen and oxygen atoms in total. The highest BCUT2D eigenvalue weighted by Crippen LogP contribution is 2.29. The van der Waals surface area contributed by atoms with Gasteiger partial charge in [0, 0.05) is 24.3 Å². The third-order valence-corrected chi connectivity index (χ3v) is 3.43. The first-order valence-electron chi connectivity index (χ1n) is 6.10. The highest BCUT2D eigenvalue weighted by Gasteiger charge is 2.38. The summed E-state index contributed by atoms with van der Waals surface area (Å²) >= 11 is 0. The minimum absolute atomic E-state index is 0.00731.